The van der Waals surface area contributed by atoms with E-state index in [2.05, 4.69) is 20.7 Å². The zero-order valence-corrected chi connectivity index (χ0v) is 12.0. The summed E-state index contributed by atoms with van der Waals surface area (Å²) in [7, 11) is 0. The van der Waals surface area contributed by atoms with Gasteiger partial charge in [-0.3, -0.25) is 0 Å². The van der Waals surface area contributed by atoms with Crippen molar-refractivity contribution in [3.63, 3.8) is 0 Å². The maximum absolute atomic E-state index is 11.4. The molecule has 0 spiro atoms. The quantitative estimate of drug-likeness (QED) is 0.773. The first-order valence-electron chi connectivity index (χ1n) is 6.19. The van der Waals surface area contributed by atoms with Crippen molar-refractivity contribution in [2.24, 2.45) is 0 Å². The van der Waals surface area contributed by atoms with Crippen LogP contribution in [0.1, 0.15) is 33.5 Å². The molecule has 20 heavy (non-hydrogen) atoms. The summed E-state index contributed by atoms with van der Waals surface area (Å²) in [6.45, 7) is 7.25. The van der Waals surface area contributed by atoms with Gasteiger partial charge in [-0.2, -0.15) is 4.80 Å². The van der Waals surface area contributed by atoms with E-state index in [9.17, 15) is 9.59 Å². The molecular formula is C11H19N5O4. The second-order valence-electron chi connectivity index (χ2n) is 4.90. The van der Waals surface area contributed by atoms with E-state index in [0.29, 0.717) is 6.61 Å². The summed E-state index contributed by atoms with van der Waals surface area (Å²) in [4.78, 5) is 23.7. The van der Waals surface area contributed by atoms with Crippen LogP contribution in [0.3, 0.4) is 0 Å². The van der Waals surface area contributed by atoms with Crippen LogP contribution in [0.25, 0.3) is 0 Å². The molecule has 1 heterocycles. The molecule has 1 amide bonds. The number of tetrazole rings is 1. The molecule has 0 fully saturated rings. The minimum atomic E-state index is -0.570. The third-order valence-electron chi connectivity index (χ3n) is 1.86. The summed E-state index contributed by atoms with van der Waals surface area (Å²) in [5.41, 5.74) is -0.570. The number of aromatic nitrogens is 4. The van der Waals surface area contributed by atoms with E-state index in [1.54, 1.807) is 27.7 Å². The molecule has 0 saturated heterocycles. The Hall–Kier alpha value is -2.19. The molecule has 9 nitrogen and oxygen atoms in total. The van der Waals surface area contributed by atoms with E-state index in [1.807, 2.05) is 0 Å². The Morgan fingerprint density at radius 2 is 2.05 bits per heavy atom. The van der Waals surface area contributed by atoms with Crippen molar-refractivity contribution in [2.75, 3.05) is 6.61 Å². The van der Waals surface area contributed by atoms with Crippen molar-refractivity contribution in [1.29, 1.82) is 0 Å². The van der Waals surface area contributed by atoms with Crippen LogP contribution in [0.5, 0.6) is 0 Å². The Morgan fingerprint density at radius 3 is 2.65 bits per heavy atom. The van der Waals surface area contributed by atoms with Crippen molar-refractivity contribution in [1.82, 2.24) is 25.5 Å². The van der Waals surface area contributed by atoms with E-state index >= 15 is 0 Å². The molecule has 0 atom stereocenters. The standard InChI is InChI=1S/C11H19N5O4/c1-5-19-9(17)7-16-14-8(13-15-16)6-12-10(18)20-11(2,3)4/h5-7H2,1-4H3,(H,12,18). The topological polar surface area (TPSA) is 108 Å². The average Bonchev–Trinajstić information content (AvgIpc) is 2.72. The lowest BCUT2D eigenvalue weighted by atomic mass is 10.2. The molecule has 0 aliphatic rings. The number of rotatable bonds is 5. The van der Waals surface area contributed by atoms with Crippen LogP contribution in [0.15, 0.2) is 0 Å². The van der Waals surface area contributed by atoms with E-state index in [1.165, 1.54) is 0 Å². The molecule has 0 aliphatic heterocycles. The maximum Gasteiger partial charge on any atom is 0.408 e. The van der Waals surface area contributed by atoms with Crippen LogP contribution in [0, 0.1) is 0 Å². The van der Waals surface area contributed by atoms with Crippen LogP contribution in [-0.2, 0) is 27.4 Å². The van der Waals surface area contributed by atoms with Gasteiger partial charge in [0.2, 0.25) is 0 Å². The number of alkyl carbamates (subject to hydrolysis) is 1. The largest absolute Gasteiger partial charge is 0.465 e. The fourth-order valence-electron chi connectivity index (χ4n) is 1.20. The van der Waals surface area contributed by atoms with Gasteiger partial charge in [-0.15, -0.1) is 10.2 Å². The van der Waals surface area contributed by atoms with Crippen molar-refractivity contribution in [3.8, 4) is 0 Å². The summed E-state index contributed by atoms with van der Waals surface area (Å²) in [5.74, 6) is -0.170. The SMILES string of the molecule is CCOC(=O)Cn1nnc(CNC(=O)OC(C)(C)C)n1. The summed E-state index contributed by atoms with van der Waals surface area (Å²) in [6, 6.07) is 0. The number of carbonyl (C=O) groups is 2. The van der Waals surface area contributed by atoms with Gasteiger partial charge in [-0.25, -0.2) is 9.59 Å². The molecule has 0 radical (unpaired) electrons. The van der Waals surface area contributed by atoms with Gasteiger partial charge in [0, 0.05) is 0 Å². The molecule has 1 rings (SSSR count). The molecule has 112 valence electrons. The molecule has 0 bridgehead atoms. The van der Waals surface area contributed by atoms with Crippen LogP contribution >= 0.6 is 0 Å². The number of hydrogen-bond donors (Lipinski definition) is 1. The number of esters is 1. The van der Waals surface area contributed by atoms with Gasteiger partial charge in [-0.05, 0) is 32.9 Å². The molecular weight excluding hydrogens is 266 g/mol. The lowest BCUT2D eigenvalue weighted by molar-refractivity contribution is -0.144. The first-order valence-corrected chi connectivity index (χ1v) is 6.19. The highest BCUT2D eigenvalue weighted by Crippen LogP contribution is 2.06. The Balaban J connectivity index is 2.41. The third-order valence-corrected chi connectivity index (χ3v) is 1.86. The first-order chi connectivity index (χ1) is 9.30. The molecule has 0 unspecified atom stereocenters. The number of carbonyl (C=O) groups excluding carboxylic acids is 2. The zero-order chi connectivity index (χ0) is 15.2. The second-order valence-corrected chi connectivity index (χ2v) is 4.90. The Bertz CT molecular complexity index is 466. The van der Waals surface area contributed by atoms with Gasteiger partial charge < -0.3 is 14.8 Å². The van der Waals surface area contributed by atoms with Gasteiger partial charge >= 0.3 is 12.1 Å². The number of nitrogens with one attached hydrogen (secondary N) is 1. The van der Waals surface area contributed by atoms with Gasteiger partial charge in [0.25, 0.3) is 0 Å². The zero-order valence-electron chi connectivity index (χ0n) is 12.0. The molecule has 1 aromatic heterocycles. The molecule has 0 saturated carbocycles. The van der Waals surface area contributed by atoms with Crippen molar-refractivity contribution < 1.29 is 19.1 Å². The van der Waals surface area contributed by atoms with Crippen LogP contribution in [0.4, 0.5) is 4.79 Å². The molecule has 1 aromatic rings. The lowest BCUT2D eigenvalue weighted by Gasteiger charge is -2.19. The van der Waals surface area contributed by atoms with E-state index < -0.39 is 17.7 Å². The highest BCUT2D eigenvalue weighted by Gasteiger charge is 2.16. The minimum Gasteiger partial charge on any atom is -0.465 e. The van der Waals surface area contributed by atoms with E-state index in [-0.39, 0.29) is 18.9 Å². The van der Waals surface area contributed by atoms with Gasteiger partial charge in [0.05, 0.1) is 13.2 Å². The van der Waals surface area contributed by atoms with Gasteiger partial charge in [-0.1, -0.05) is 0 Å². The molecule has 9 heteroatoms. The number of hydrogen-bond acceptors (Lipinski definition) is 7. The third kappa shape index (κ3) is 6.12. The van der Waals surface area contributed by atoms with Gasteiger partial charge in [0.15, 0.2) is 12.4 Å². The number of ether oxygens (including phenoxy) is 2. The maximum atomic E-state index is 11.4. The fourth-order valence-corrected chi connectivity index (χ4v) is 1.20. The van der Waals surface area contributed by atoms with Crippen molar-refractivity contribution >= 4 is 12.1 Å². The molecule has 0 aromatic carbocycles. The predicted octanol–water partition coefficient (Wildman–Crippen LogP) is 0.261. The number of amides is 1. The summed E-state index contributed by atoms with van der Waals surface area (Å²) >= 11 is 0. The Kier molecular flexibility index (Phi) is 5.42. The minimum absolute atomic E-state index is 0.0672. The van der Waals surface area contributed by atoms with E-state index in [4.69, 9.17) is 9.47 Å². The van der Waals surface area contributed by atoms with Crippen LogP contribution < -0.4 is 5.32 Å². The summed E-state index contributed by atoms with van der Waals surface area (Å²) in [5, 5.41) is 13.8. The predicted molar refractivity (Wildman–Crippen MR) is 67.5 cm³/mol. The Morgan fingerprint density at radius 1 is 1.35 bits per heavy atom. The monoisotopic (exact) mass is 285 g/mol. The normalized spacial score (nSPS) is 11.0. The van der Waals surface area contributed by atoms with E-state index in [0.717, 1.165) is 4.80 Å². The van der Waals surface area contributed by atoms with Crippen molar-refractivity contribution in [3.05, 3.63) is 5.82 Å². The second kappa shape index (κ2) is 6.83. The Labute approximate surface area is 116 Å². The molecule has 0 aliphatic carbocycles. The lowest BCUT2D eigenvalue weighted by Crippen LogP contribution is -2.32. The average molecular weight is 285 g/mol. The smallest absolute Gasteiger partial charge is 0.408 e. The summed E-state index contributed by atoms with van der Waals surface area (Å²) < 4.78 is 9.81. The fraction of sp³-hybridized carbons (Fsp3) is 0.727. The summed E-state index contributed by atoms with van der Waals surface area (Å²) in [6.07, 6.45) is -0.570. The number of nitrogens with zero attached hydrogens (tertiary/aromatic N) is 4. The first kappa shape index (κ1) is 15.9. The van der Waals surface area contributed by atoms with Crippen LogP contribution in [-0.4, -0.2) is 44.5 Å². The highest BCUT2D eigenvalue weighted by molar-refractivity contribution is 5.68. The van der Waals surface area contributed by atoms with Crippen LogP contribution in [0.2, 0.25) is 0 Å². The molecule has 1 N–H and O–H groups in total. The van der Waals surface area contributed by atoms with Crippen molar-refractivity contribution in [2.45, 2.75) is 46.4 Å². The highest BCUT2D eigenvalue weighted by atomic mass is 16.6. The van der Waals surface area contributed by atoms with Gasteiger partial charge in [0.1, 0.15) is 5.60 Å².